The number of hydrogen-bond acceptors (Lipinski definition) is 0. The Bertz CT molecular complexity index is 139. The number of rotatable bonds is 10. The van der Waals surface area contributed by atoms with Gasteiger partial charge in [0.05, 0.1) is 0 Å². The Morgan fingerprint density at radius 3 is 2.06 bits per heavy atom. The average molecular weight is 225 g/mol. The van der Waals surface area contributed by atoms with Gasteiger partial charge in [-0.25, -0.2) is 0 Å². The van der Waals surface area contributed by atoms with Crippen LogP contribution in [0.5, 0.6) is 0 Å². The molecule has 0 spiro atoms. The van der Waals surface area contributed by atoms with Gasteiger partial charge in [0.25, 0.3) is 0 Å². The van der Waals surface area contributed by atoms with Gasteiger partial charge in [0.15, 0.2) is 0 Å². The van der Waals surface area contributed by atoms with Crippen molar-refractivity contribution in [2.24, 2.45) is 17.8 Å². The van der Waals surface area contributed by atoms with E-state index in [9.17, 15) is 0 Å². The summed E-state index contributed by atoms with van der Waals surface area (Å²) in [5.74, 6) is 2.71. The van der Waals surface area contributed by atoms with Crippen LogP contribution in [0.1, 0.15) is 79.6 Å². The summed E-state index contributed by atoms with van der Waals surface area (Å²) in [5, 5.41) is 0. The summed E-state index contributed by atoms with van der Waals surface area (Å²) in [4.78, 5) is 0. The molecule has 0 heterocycles. The molecule has 0 saturated carbocycles. The topological polar surface area (TPSA) is 0 Å². The lowest BCUT2D eigenvalue weighted by molar-refractivity contribution is 0.344. The van der Waals surface area contributed by atoms with Crippen LogP contribution >= 0.6 is 0 Å². The molecule has 0 aromatic rings. The first-order valence-corrected chi connectivity index (χ1v) is 7.39. The van der Waals surface area contributed by atoms with E-state index >= 15 is 0 Å². The van der Waals surface area contributed by atoms with Crippen LogP contribution < -0.4 is 0 Å². The van der Waals surface area contributed by atoms with Crippen molar-refractivity contribution in [3.05, 3.63) is 6.42 Å². The SMILES string of the molecule is C[CH-]CC(C)C(C)CCCCCC(C)CC. The highest BCUT2D eigenvalue weighted by Gasteiger charge is 2.08. The van der Waals surface area contributed by atoms with E-state index < -0.39 is 0 Å². The lowest BCUT2D eigenvalue weighted by atomic mass is 9.87. The maximum absolute atomic E-state index is 2.42. The molecule has 0 radical (unpaired) electrons. The van der Waals surface area contributed by atoms with Crippen LogP contribution in [0.15, 0.2) is 0 Å². The van der Waals surface area contributed by atoms with Gasteiger partial charge < -0.3 is 6.42 Å². The van der Waals surface area contributed by atoms with Gasteiger partial charge in [0, 0.05) is 0 Å². The first kappa shape index (κ1) is 16.0. The molecule has 0 amide bonds. The summed E-state index contributed by atoms with van der Waals surface area (Å²) < 4.78 is 0. The number of hydrogen-bond donors (Lipinski definition) is 0. The highest BCUT2D eigenvalue weighted by atomic mass is 14.2. The molecule has 0 N–H and O–H groups in total. The van der Waals surface area contributed by atoms with Gasteiger partial charge in [-0.05, 0) is 11.8 Å². The molecule has 0 saturated heterocycles. The molecule has 0 aliphatic carbocycles. The maximum atomic E-state index is 2.42. The summed E-state index contributed by atoms with van der Waals surface area (Å²) in [6.45, 7) is 11.7. The molecule has 0 rings (SSSR count). The van der Waals surface area contributed by atoms with Crippen molar-refractivity contribution in [1.29, 1.82) is 0 Å². The van der Waals surface area contributed by atoms with Crippen molar-refractivity contribution in [2.75, 3.05) is 0 Å². The van der Waals surface area contributed by atoms with Crippen LogP contribution in [-0.2, 0) is 0 Å². The van der Waals surface area contributed by atoms with Crippen molar-refractivity contribution in [1.82, 2.24) is 0 Å². The maximum Gasteiger partial charge on any atom is -0.0441 e. The molecule has 3 atom stereocenters. The molecular weight excluding hydrogens is 192 g/mol. The van der Waals surface area contributed by atoms with Crippen molar-refractivity contribution >= 4 is 0 Å². The van der Waals surface area contributed by atoms with Crippen molar-refractivity contribution < 1.29 is 0 Å². The lowest BCUT2D eigenvalue weighted by Gasteiger charge is -2.23. The Morgan fingerprint density at radius 2 is 1.50 bits per heavy atom. The molecule has 0 bridgehead atoms. The van der Waals surface area contributed by atoms with Crippen LogP contribution in [0.25, 0.3) is 0 Å². The molecule has 16 heavy (non-hydrogen) atoms. The predicted molar refractivity (Wildman–Crippen MR) is 75.5 cm³/mol. The van der Waals surface area contributed by atoms with Crippen LogP contribution in [-0.4, -0.2) is 0 Å². The van der Waals surface area contributed by atoms with Crippen molar-refractivity contribution in [3.8, 4) is 0 Å². The van der Waals surface area contributed by atoms with Gasteiger partial charge in [-0.2, -0.15) is 13.3 Å². The quantitative estimate of drug-likeness (QED) is 0.322. The van der Waals surface area contributed by atoms with Gasteiger partial charge in [0.1, 0.15) is 0 Å². The Morgan fingerprint density at radius 1 is 0.875 bits per heavy atom. The second-order valence-corrected chi connectivity index (χ2v) is 5.75. The molecule has 0 aromatic heterocycles. The van der Waals surface area contributed by atoms with Crippen LogP contribution in [0.2, 0.25) is 0 Å². The zero-order valence-electron chi connectivity index (χ0n) is 12.3. The first-order chi connectivity index (χ1) is 7.61. The molecule has 98 valence electrons. The fraction of sp³-hybridized carbons (Fsp3) is 0.938. The third kappa shape index (κ3) is 8.19. The third-order valence-corrected chi connectivity index (χ3v) is 4.13. The largest absolute Gasteiger partial charge is 0.331 e. The second kappa shape index (κ2) is 10.2. The first-order valence-electron chi connectivity index (χ1n) is 7.39. The second-order valence-electron chi connectivity index (χ2n) is 5.75. The van der Waals surface area contributed by atoms with Crippen LogP contribution in [0, 0.1) is 24.2 Å². The molecule has 0 fully saturated rings. The molecular formula is C16H33-. The lowest BCUT2D eigenvalue weighted by Crippen LogP contribution is -2.07. The summed E-state index contributed by atoms with van der Waals surface area (Å²) in [6.07, 6.45) is 12.1. The summed E-state index contributed by atoms with van der Waals surface area (Å²) in [6, 6.07) is 0. The Balaban J connectivity index is 3.37. The number of unbranched alkanes of at least 4 members (excludes halogenated alkanes) is 2. The molecule has 0 nitrogen and oxygen atoms in total. The standard InChI is InChI=1S/C16H33/c1-6-11-15(4)16(5)13-10-8-9-12-14(3)7-2/h6,14-16H,7-13H2,1-5H3/q-1. The minimum atomic E-state index is 0.875. The van der Waals surface area contributed by atoms with E-state index in [0.29, 0.717) is 0 Å². The van der Waals surface area contributed by atoms with Gasteiger partial charge in [-0.3, -0.25) is 0 Å². The summed E-state index contributed by atoms with van der Waals surface area (Å²) >= 11 is 0. The molecule has 0 heteroatoms. The van der Waals surface area contributed by atoms with Crippen LogP contribution in [0.3, 0.4) is 0 Å². The van der Waals surface area contributed by atoms with E-state index in [2.05, 4.69) is 41.0 Å². The highest BCUT2D eigenvalue weighted by Crippen LogP contribution is 2.22. The monoisotopic (exact) mass is 225 g/mol. The molecule has 0 aromatic carbocycles. The fourth-order valence-corrected chi connectivity index (χ4v) is 2.23. The normalized spacial score (nSPS) is 17.1. The van der Waals surface area contributed by atoms with Gasteiger partial charge in [0.2, 0.25) is 0 Å². The van der Waals surface area contributed by atoms with E-state index in [4.69, 9.17) is 0 Å². The Kier molecular flexibility index (Phi) is 10.2. The Hall–Kier alpha value is 0. The molecule has 0 aliphatic heterocycles. The van der Waals surface area contributed by atoms with Gasteiger partial charge in [-0.15, -0.1) is 0 Å². The smallest absolute Gasteiger partial charge is 0.0441 e. The molecule has 3 unspecified atom stereocenters. The zero-order chi connectivity index (χ0) is 12.4. The van der Waals surface area contributed by atoms with Gasteiger partial charge >= 0.3 is 0 Å². The zero-order valence-corrected chi connectivity index (χ0v) is 12.3. The molecule has 0 aliphatic rings. The fourth-order valence-electron chi connectivity index (χ4n) is 2.23. The third-order valence-electron chi connectivity index (χ3n) is 4.13. The van der Waals surface area contributed by atoms with E-state index in [1.807, 2.05) is 0 Å². The van der Waals surface area contributed by atoms with Crippen LogP contribution in [0.4, 0.5) is 0 Å². The van der Waals surface area contributed by atoms with E-state index in [1.54, 1.807) is 0 Å². The Labute approximate surface area is 104 Å². The van der Waals surface area contributed by atoms with E-state index in [-0.39, 0.29) is 0 Å². The van der Waals surface area contributed by atoms with Crippen molar-refractivity contribution in [3.63, 3.8) is 0 Å². The summed E-state index contributed by atoms with van der Waals surface area (Å²) in [7, 11) is 0. The average Bonchev–Trinajstić information content (AvgIpc) is 2.28. The minimum absolute atomic E-state index is 0.875. The van der Waals surface area contributed by atoms with Crippen molar-refractivity contribution in [2.45, 2.75) is 79.6 Å². The highest BCUT2D eigenvalue weighted by molar-refractivity contribution is 4.68. The van der Waals surface area contributed by atoms with E-state index in [1.165, 1.54) is 44.9 Å². The predicted octanol–water partition coefficient (Wildman–Crippen LogP) is 5.87. The summed E-state index contributed by atoms with van der Waals surface area (Å²) in [5.41, 5.74) is 0. The minimum Gasteiger partial charge on any atom is -0.331 e. The van der Waals surface area contributed by atoms with E-state index in [0.717, 1.165) is 17.8 Å². The van der Waals surface area contributed by atoms with Gasteiger partial charge in [-0.1, -0.05) is 72.1 Å².